The average molecular weight is 250 g/mol. The standard InChI is InChI=1S/C12H14N2S2/c1-2-9(15-6-1)8-14-12-10-4-7-16-11(10)3-5-13-12/h3-5,7,9H,1-2,6,8H2,(H,13,14). The topological polar surface area (TPSA) is 24.9 Å². The van der Waals surface area contributed by atoms with Gasteiger partial charge >= 0.3 is 0 Å². The van der Waals surface area contributed by atoms with Crippen molar-refractivity contribution < 1.29 is 0 Å². The van der Waals surface area contributed by atoms with Crippen molar-refractivity contribution in [2.75, 3.05) is 17.6 Å². The Labute approximate surface area is 103 Å². The van der Waals surface area contributed by atoms with Crippen LogP contribution in [0, 0.1) is 0 Å². The van der Waals surface area contributed by atoms with Crippen LogP contribution in [0.2, 0.25) is 0 Å². The zero-order chi connectivity index (χ0) is 10.8. The summed E-state index contributed by atoms with van der Waals surface area (Å²) in [6, 6.07) is 4.23. The first-order valence-electron chi connectivity index (χ1n) is 5.61. The molecule has 3 rings (SSSR count). The van der Waals surface area contributed by atoms with Crippen molar-refractivity contribution >= 4 is 39.0 Å². The van der Waals surface area contributed by atoms with Crippen LogP contribution in [0.4, 0.5) is 5.82 Å². The highest BCUT2D eigenvalue weighted by molar-refractivity contribution is 8.00. The number of hydrogen-bond donors (Lipinski definition) is 1. The van der Waals surface area contributed by atoms with E-state index in [9.17, 15) is 0 Å². The highest BCUT2D eigenvalue weighted by Gasteiger charge is 2.15. The van der Waals surface area contributed by atoms with Crippen LogP contribution < -0.4 is 5.32 Å². The van der Waals surface area contributed by atoms with Gasteiger partial charge in [0.2, 0.25) is 0 Å². The predicted molar refractivity (Wildman–Crippen MR) is 73.6 cm³/mol. The van der Waals surface area contributed by atoms with E-state index in [1.807, 2.05) is 6.20 Å². The first-order valence-corrected chi connectivity index (χ1v) is 7.54. The predicted octanol–water partition coefficient (Wildman–Crippen LogP) is 3.60. The molecule has 4 heteroatoms. The molecule has 1 fully saturated rings. The van der Waals surface area contributed by atoms with Gasteiger partial charge in [0.15, 0.2) is 0 Å². The molecule has 0 aliphatic carbocycles. The maximum Gasteiger partial charge on any atom is 0.134 e. The Morgan fingerprint density at radius 2 is 2.44 bits per heavy atom. The molecule has 0 saturated carbocycles. The smallest absolute Gasteiger partial charge is 0.134 e. The van der Waals surface area contributed by atoms with E-state index >= 15 is 0 Å². The van der Waals surface area contributed by atoms with E-state index < -0.39 is 0 Å². The molecular formula is C12H14N2S2. The van der Waals surface area contributed by atoms with E-state index in [4.69, 9.17) is 0 Å². The molecule has 1 unspecified atom stereocenters. The Bertz CT molecular complexity index is 475. The average Bonchev–Trinajstić information content (AvgIpc) is 2.97. The lowest BCUT2D eigenvalue weighted by Crippen LogP contribution is -2.14. The molecule has 0 amide bonds. The normalized spacial score (nSPS) is 20.4. The SMILES string of the molecule is c1cc2sccc2c(NCC2CCCS2)n1. The third-order valence-corrected chi connectivity index (χ3v) is 5.18. The lowest BCUT2D eigenvalue weighted by molar-refractivity contribution is 0.804. The van der Waals surface area contributed by atoms with Crippen molar-refractivity contribution in [3.05, 3.63) is 23.7 Å². The molecule has 84 valence electrons. The molecule has 1 N–H and O–H groups in total. The van der Waals surface area contributed by atoms with Crippen molar-refractivity contribution in [1.29, 1.82) is 0 Å². The van der Waals surface area contributed by atoms with Gasteiger partial charge in [-0.05, 0) is 36.1 Å². The van der Waals surface area contributed by atoms with E-state index in [0.717, 1.165) is 17.6 Å². The molecule has 1 aliphatic rings. The third-order valence-electron chi connectivity index (χ3n) is 2.90. The number of aromatic nitrogens is 1. The lowest BCUT2D eigenvalue weighted by atomic mass is 10.2. The van der Waals surface area contributed by atoms with Crippen LogP contribution in [0.15, 0.2) is 23.7 Å². The molecule has 1 aliphatic heterocycles. The summed E-state index contributed by atoms with van der Waals surface area (Å²) in [6.07, 6.45) is 4.60. The second-order valence-corrected chi connectivity index (χ2v) is 6.36. The number of rotatable bonds is 3. The van der Waals surface area contributed by atoms with Gasteiger partial charge in [-0.2, -0.15) is 11.8 Å². The minimum atomic E-state index is 0.774. The first-order chi connectivity index (χ1) is 7.93. The van der Waals surface area contributed by atoms with Gasteiger partial charge < -0.3 is 5.32 Å². The quantitative estimate of drug-likeness (QED) is 0.901. The molecule has 3 heterocycles. The number of anilines is 1. The molecule has 1 atom stereocenters. The fourth-order valence-corrected chi connectivity index (χ4v) is 4.03. The van der Waals surface area contributed by atoms with E-state index in [2.05, 4.69) is 39.6 Å². The molecule has 1 saturated heterocycles. The van der Waals surface area contributed by atoms with Crippen LogP contribution in [0.3, 0.4) is 0 Å². The van der Waals surface area contributed by atoms with Crippen molar-refractivity contribution in [2.24, 2.45) is 0 Å². The van der Waals surface area contributed by atoms with E-state index in [1.54, 1.807) is 11.3 Å². The van der Waals surface area contributed by atoms with Crippen LogP contribution in [0.25, 0.3) is 10.1 Å². The summed E-state index contributed by atoms with van der Waals surface area (Å²) in [6.45, 7) is 1.05. The number of hydrogen-bond acceptors (Lipinski definition) is 4. The van der Waals surface area contributed by atoms with Gasteiger partial charge in [0.05, 0.1) is 0 Å². The summed E-state index contributed by atoms with van der Waals surface area (Å²) in [5.41, 5.74) is 0. The van der Waals surface area contributed by atoms with Crippen LogP contribution in [-0.2, 0) is 0 Å². The number of thioether (sulfide) groups is 1. The molecule has 16 heavy (non-hydrogen) atoms. The summed E-state index contributed by atoms with van der Waals surface area (Å²) >= 11 is 3.86. The van der Waals surface area contributed by atoms with Gasteiger partial charge in [0.1, 0.15) is 5.82 Å². The fraction of sp³-hybridized carbons (Fsp3) is 0.417. The van der Waals surface area contributed by atoms with Crippen LogP contribution in [0.5, 0.6) is 0 Å². The van der Waals surface area contributed by atoms with Crippen LogP contribution in [0.1, 0.15) is 12.8 Å². The van der Waals surface area contributed by atoms with E-state index in [-0.39, 0.29) is 0 Å². The number of nitrogens with one attached hydrogen (secondary N) is 1. The lowest BCUT2D eigenvalue weighted by Gasteiger charge is -2.11. The van der Waals surface area contributed by atoms with E-state index in [0.29, 0.717) is 0 Å². The maximum atomic E-state index is 4.43. The second-order valence-electron chi connectivity index (χ2n) is 4.01. The largest absolute Gasteiger partial charge is 0.368 e. The van der Waals surface area contributed by atoms with Crippen molar-refractivity contribution in [1.82, 2.24) is 4.98 Å². The van der Waals surface area contributed by atoms with Gasteiger partial charge in [0.25, 0.3) is 0 Å². The van der Waals surface area contributed by atoms with Crippen molar-refractivity contribution in [2.45, 2.75) is 18.1 Å². The number of pyridine rings is 1. The Kier molecular flexibility index (Phi) is 3.02. The molecule has 0 spiro atoms. The zero-order valence-electron chi connectivity index (χ0n) is 8.98. The number of thiophene rings is 1. The van der Waals surface area contributed by atoms with Gasteiger partial charge in [0, 0.05) is 28.1 Å². The number of fused-ring (bicyclic) bond motifs is 1. The zero-order valence-corrected chi connectivity index (χ0v) is 10.6. The summed E-state index contributed by atoms with van der Waals surface area (Å²) in [4.78, 5) is 4.43. The van der Waals surface area contributed by atoms with E-state index in [1.165, 1.54) is 28.7 Å². The first kappa shape index (κ1) is 10.4. The molecule has 0 bridgehead atoms. The fourth-order valence-electron chi connectivity index (χ4n) is 2.05. The molecule has 2 aromatic heterocycles. The highest BCUT2D eigenvalue weighted by atomic mass is 32.2. The van der Waals surface area contributed by atoms with Gasteiger partial charge in [-0.25, -0.2) is 4.98 Å². The second kappa shape index (κ2) is 4.63. The molecular weight excluding hydrogens is 236 g/mol. The van der Waals surface area contributed by atoms with Crippen molar-refractivity contribution in [3.63, 3.8) is 0 Å². The molecule has 0 radical (unpaired) electrons. The number of nitrogens with zero attached hydrogens (tertiary/aromatic N) is 1. The highest BCUT2D eigenvalue weighted by Crippen LogP contribution is 2.28. The third kappa shape index (κ3) is 2.04. The molecule has 2 aromatic rings. The van der Waals surface area contributed by atoms with Gasteiger partial charge in [-0.15, -0.1) is 11.3 Å². The van der Waals surface area contributed by atoms with Crippen LogP contribution in [-0.4, -0.2) is 22.5 Å². The minimum absolute atomic E-state index is 0.774. The summed E-state index contributed by atoms with van der Waals surface area (Å²) in [5, 5.41) is 7.65. The monoisotopic (exact) mass is 250 g/mol. The summed E-state index contributed by atoms with van der Waals surface area (Å²) in [5.74, 6) is 2.37. The Morgan fingerprint density at radius 3 is 3.31 bits per heavy atom. The molecule has 0 aromatic carbocycles. The summed E-state index contributed by atoms with van der Waals surface area (Å²) in [7, 11) is 0. The van der Waals surface area contributed by atoms with Gasteiger partial charge in [-0.3, -0.25) is 0 Å². The van der Waals surface area contributed by atoms with Gasteiger partial charge in [-0.1, -0.05) is 0 Å². The Balaban J connectivity index is 1.75. The van der Waals surface area contributed by atoms with Crippen molar-refractivity contribution in [3.8, 4) is 0 Å². The minimum Gasteiger partial charge on any atom is -0.368 e. The molecule has 2 nitrogen and oxygen atoms in total. The Hall–Kier alpha value is -0.740. The van der Waals surface area contributed by atoms with Crippen LogP contribution >= 0.6 is 23.1 Å². The Morgan fingerprint density at radius 1 is 1.44 bits per heavy atom. The summed E-state index contributed by atoms with van der Waals surface area (Å²) < 4.78 is 1.32. The maximum absolute atomic E-state index is 4.43.